The molecule has 0 aliphatic rings. The third-order valence-electron chi connectivity index (χ3n) is 6.29. The number of benzene rings is 3. The van der Waals surface area contributed by atoms with Gasteiger partial charge in [-0.25, -0.2) is 8.42 Å². The van der Waals surface area contributed by atoms with Gasteiger partial charge in [-0.15, -0.1) is 0 Å². The van der Waals surface area contributed by atoms with Crippen molar-refractivity contribution in [2.75, 3.05) is 32.1 Å². The van der Waals surface area contributed by atoms with E-state index in [9.17, 15) is 18.0 Å². The highest BCUT2D eigenvalue weighted by atomic mass is 35.5. The van der Waals surface area contributed by atoms with Crippen LogP contribution in [0.25, 0.3) is 0 Å². The SMILES string of the molecule is CC[C@@H](C(=O)NC)N(Cc1c(Cl)cccc1Cl)C(=O)CN(c1ccccc1)S(=O)(=O)c1ccc(OC)c(OC)c1. The van der Waals surface area contributed by atoms with Gasteiger partial charge in [0.25, 0.3) is 10.0 Å². The maximum atomic E-state index is 14.0. The number of anilines is 1. The van der Waals surface area contributed by atoms with Gasteiger partial charge in [0.2, 0.25) is 11.8 Å². The minimum Gasteiger partial charge on any atom is -0.493 e. The molecule has 3 aromatic carbocycles. The third kappa shape index (κ3) is 6.80. The fourth-order valence-electron chi connectivity index (χ4n) is 4.17. The summed E-state index contributed by atoms with van der Waals surface area (Å²) in [5.41, 5.74) is 0.699. The van der Waals surface area contributed by atoms with E-state index in [1.165, 1.54) is 44.4 Å². The Morgan fingerprint density at radius 3 is 2.10 bits per heavy atom. The second kappa shape index (κ2) is 13.7. The normalized spacial score (nSPS) is 11.8. The summed E-state index contributed by atoms with van der Waals surface area (Å²) in [4.78, 5) is 28.0. The number of halogens is 2. The van der Waals surface area contributed by atoms with Crippen molar-refractivity contribution in [3.05, 3.63) is 82.3 Å². The van der Waals surface area contributed by atoms with Crippen molar-refractivity contribution in [2.24, 2.45) is 0 Å². The smallest absolute Gasteiger partial charge is 0.264 e. The van der Waals surface area contributed by atoms with Crippen LogP contribution in [0.15, 0.2) is 71.6 Å². The fourth-order valence-corrected chi connectivity index (χ4v) is 6.11. The van der Waals surface area contributed by atoms with Crippen LogP contribution in [-0.2, 0) is 26.2 Å². The maximum absolute atomic E-state index is 14.0. The van der Waals surface area contributed by atoms with E-state index in [2.05, 4.69) is 5.32 Å². The van der Waals surface area contributed by atoms with Gasteiger partial charge in [0.1, 0.15) is 12.6 Å². The molecule has 0 aliphatic carbocycles. The molecule has 0 radical (unpaired) electrons. The van der Waals surface area contributed by atoms with E-state index in [0.29, 0.717) is 21.4 Å². The first kappa shape index (κ1) is 31.1. The lowest BCUT2D eigenvalue weighted by Gasteiger charge is -2.33. The Labute approximate surface area is 244 Å². The highest BCUT2D eigenvalue weighted by Gasteiger charge is 2.34. The second-order valence-electron chi connectivity index (χ2n) is 8.62. The van der Waals surface area contributed by atoms with Crippen molar-refractivity contribution in [3.63, 3.8) is 0 Å². The molecule has 0 unspecified atom stereocenters. The Morgan fingerprint density at radius 2 is 1.55 bits per heavy atom. The monoisotopic (exact) mass is 607 g/mol. The molecule has 9 nitrogen and oxygen atoms in total. The van der Waals surface area contributed by atoms with Crippen LogP contribution in [0.4, 0.5) is 5.69 Å². The zero-order valence-corrected chi connectivity index (χ0v) is 24.9. The van der Waals surface area contributed by atoms with Crippen LogP contribution in [0.2, 0.25) is 10.0 Å². The first-order valence-electron chi connectivity index (χ1n) is 12.3. The van der Waals surface area contributed by atoms with Gasteiger partial charge in [0, 0.05) is 35.3 Å². The number of hydrogen-bond donors (Lipinski definition) is 1. The van der Waals surface area contributed by atoms with Crippen LogP contribution in [0.5, 0.6) is 11.5 Å². The number of likely N-dealkylation sites (N-methyl/N-ethyl adjacent to an activating group) is 1. The Morgan fingerprint density at radius 1 is 0.925 bits per heavy atom. The molecule has 3 rings (SSSR count). The van der Waals surface area contributed by atoms with E-state index in [1.807, 2.05) is 0 Å². The molecule has 0 spiro atoms. The molecule has 0 bridgehead atoms. The average molecular weight is 609 g/mol. The van der Waals surface area contributed by atoms with Crippen LogP contribution < -0.4 is 19.1 Å². The lowest BCUT2D eigenvalue weighted by atomic mass is 10.1. The average Bonchev–Trinajstić information content (AvgIpc) is 2.96. The number of carbonyl (C=O) groups excluding carboxylic acids is 2. The number of ether oxygens (including phenoxy) is 2. The minimum atomic E-state index is -4.29. The van der Waals surface area contributed by atoms with Crippen LogP contribution in [0.1, 0.15) is 18.9 Å². The summed E-state index contributed by atoms with van der Waals surface area (Å²) in [6.45, 7) is 1.04. The Hall–Kier alpha value is -3.47. The van der Waals surface area contributed by atoms with Crippen molar-refractivity contribution in [1.82, 2.24) is 10.2 Å². The lowest BCUT2D eigenvalue weighted by Crippen LogP contribution is -2.51. The van der Waals surface area contributed by atoms with Gasteiger partial charge in [-0.3, -0.25) is 13.9 Å². The molecule has 2 amide bonds. The first-order chi connectivity index (χ1) is 19.1. The second-order valence-corrected chi connectivity index (χ2v) is 11.3. The number of nitrogens with zero attached hydrogens (tertiary/aromatic N) is 2. The van der Waals surface area contributed by atoms with E-state index in [0.717, 1.165) is 4.31 Å². The van der Waals surface area contributed by atoms with E-state index in [-0.39, 0.29) is 29.3 Å². The van der Waals surface area contributed by atoms with Gasteiger partial charge in [0.05, 0.1) is 24.8 Å². The maximum Gasteiger partial charge on any atom is 0.264 e. The molecule has 0 heterocycles. The highest BCUT2D eigenvalue weighted by Crippen LogP contribution is 2.33. The number of amides is 2. The lowest BCUT2D eigenvalue weighted by molar-refractivity contribution is -0.140. The van der Waals surface area contributed by atoms with E-state index < -0.39 is 34.4 Å². The molecule has 1 atom stereocenters. The van der Waals surface area contributed by atoms with E-state index in [1.54, 1.807) is 55.5 Å². The summed E-state index contributed by atoms with van der Waals surface area (Å²) in [6.07, 6.45) is 0.265. The molecular formula is C28H31Cl2N3O6S. The summed E-state index contributed by atoms with van der Waals surface area (Å²) in [5.74, 6) is -0.473. The molecule has 214 valence electrons. The number of rotatable bonds is 12. The summed E-state index contributed by atoms with van der Waals surface area (Å²) in [7, 11) is 0.0149. The zero-order valence-electron chi connectivity index (χ0n) is 22.6. The van der Waals surface area contributed by atoms with Gasteiger partial charge < -0.3 is 19.7 Å². The predicted octanol–water partition coefficient (Wildman–Crippen LogP) is 4.76. The van der Waals surface area contributed by atoms with Gasteiger partial charge in [-0.1, -0.05) is 54.4 Å². The van der Waals surface area contributed by atoms with Crippen LogP contribution in [-0.4, -0.2) is 59.0 Å². The standard InChI is InChI=1S/C28H31Cl2N3O6S/c1-5-24(28(35)31-2)32(17-21-22(29)12-9-13-23(21)30)27(34)18-33(19-10-7-6-8-11-19)40(36,37)20-14-15-25(38-3)26(16-20)39-4/h6-16,24H,5,17-18H2,1-4H3,(H,31,35)/t24-/m0/s1. The number of carbonyl (C=O) groups is 2. The Bertz CT molecular complexity index is 1430. The molecule has 12 heteroatoms. The van der Waals surface area contributed by atoms with Crippen LogP contribution in [0.3, 0.4) is 0 Å². The molecule has 0 aromatic heterocycles. The summed E-state index contributed by atoms with van der Waals surface area (Å²) in [5, 5.41) is 3.20. The number of hydrogen-bond acceptors (Lipinski definition) is 6. The van der Waals surface area contributed by atoms with E-state index in [4.69, 9.17) is 32.7 Å². The van der Waals surface area contributed by atoms with Crippen LogP contribution >= 0.6 is 23.2 Å². The molecule has 0 saturated heterocycles. The topological polar surface area (TPSA) is 105 Å². The summed E-state index contributed by atoms with van der Waals surface area (Å²) < 4.78 is 39.5. The molecule has 0 fully saturated rings. The Balaban J connectivity index is 2.10. The molecule has 0 saturated carbocycles. The molecule has 3 aromatic rings. The van der Waals surface area contributed by atoms with Gasteiger partial charge in [0.15, 0.2) is 11.5 Å². The molecule has 40 heavy (non-hydrogen) atoms. The van der Waals surface area contributed by atoms with Gasteiger partial charge in [-0.05, 0) is 42.8 Å². The fraction of sp³-hybridized carbons (Fsp3) is 0.286. The number of nitrogens with one attached hydrogen (secondary N) is 1. The molecule has 0 aliphatic heterocycles. The summed E-state index contributed by atoms with van der Waals surface area (Å²) in [6, 6.07) is 16.4. The predicted molar refractivity (Wildman–Crippen MR) is 156 cm³/mol. The van der Waals surface area contributed by atoms with Crippen molar-refractivity contribution >= 4 is 50.7 Å². The number of para-hydroxylation sites is 1. The van der Waals surface area contributed by atoms with E-state index >= 15 is 0 Å². The van der Waals surface area contributed by atoms with Crippen molar-refractivity contribution in [3.8, 4) is 11.5 Å². The van der Waals surface area contributed by atoms with Crippen LogP contribution in [0, 0.1) is 0 Å². The zero-order chi connectivity index (χ0) is 29.4. The minimum absolute atomic E-state index is 0.109. The number of methoxy groups -OCH3 is 2. The molecule has 1 N–H and O–H groups in total. The van der Waals surface area contributed by atoms with Gasteiger partial charge in [-0.2, -0.15) is 0 Å². The Kier molecular flexibility index (Phi) is 10.7. The van der Waals surface area contributed by atoms with Gasteiger partial charge >= 0.3 is 0 Å². The van der Waals surface area contributed by atoms with Crippen molar-refractivity contribution in [2.45, 2.75) is 30.8 Å². The third-order valence-corrected chi connectivity index (χ3v) is 8.77. The first-order valence-corrected chi connectivity index (χ1v) is 14.5. The quantitative estimate of drug-likeness (QED) is 0.318. The summed E-state index contributed by atoms with van der Waals surface area (Å²) >= 11 is 12.8. The molecular weight excluding hydrogens is 577 g/mol. The van der Waals surface area contributed by atoms with Crippen molar-refractivity contribution < 1.29 is 27.5 Å². The largest absolute Gasteiger partial charge is 0.493 e. The highest BCUT2D eigenvalue weighted by molar-refractivity contribution is 7.92. The van der Waals surface area contributed by atoms with Crippen molar-refractivity contribution in [1.29, 1.82) is 0 Å². The number of sulfonamides is 1.